The van der Waals surface area contributed by atoms with E-state index in [1.165, 1.54) is 0 Å². The minimum atomic E-state index is 0.312. The van der Waals surface area contributed by atoms with Crippen LogP contribution in [0.5, 0.6) is 5.75 Å². The molecule has 0 aromatic heterocycles. The summed E-state index contributed by atoms with van der Waals surface area (Å²) in [7, 11) is 3.23. The van der Waals surface area contributed by atoms with E-state index in [0.717, 1.165) is 11.1 Å². The molecular weight excluding hydrogens is 278 g/mol. The molecule has 5 nitrogen and oxygen atoms in total. The fraction of sp³-hybridized carbons (Fsp3) is 0.500. The van der Waals surface area contributed by atoms with Gasteiger partial charge in [-0.3, -0.25) is 0 Å². The Morgan fingerprint density at radius 1 is 1.10 bits per heavy atom. The lowest BCUT2D eigenvalue weighted by Crippen LogP contribution is -2.12. The highest BCUT2D eigenvalue weighted by Crippen LogP contribution is 2.20. The zero-order valence-electron chi connectivity index (χ0n) is 11.9. The molecule has 0 atom stereocenters. The molecule has 0 radical (unpaired) electrons. The molecule has 0 aliphatic heterocycles. The second-order valence-electron chi connectivity index (χ2n) is 4.06. The van der Waals surface area contributed by atoms with Crippen molar-refractivity contribution >= 4 is 17.2 Å². The van der Waals surface area contributed by atoms with Crippen LogP contribution in [0, 0.1) is 0 Å². The first-order valence-electron chi connectivity index (χ1n) is 6.30. The number of rotatable bonds is 10. The van der Waals surface area contributed by atoms with Gasteiger partial charge in [-0.1, -0.05) is 18.3 Å². The Balaban J connectivity index is 2.37. The van der Waals surface area contributed by atoms with Gasteiger partial charge in [0.2, 0.25) is 0 Å². The first-order chi connectivity index (χ1) is 9.69. The summed E-state index contributed by atoms with van der Waals surface area (Å²) in [5.74, 6) is 0.671. The van der Waals surface area contributed by atoms with E-state index in [4.69, 9.17) is 36.9 Å². The Labute approximate surface area is 125 Å². The van der Waals surface area contributed by atoms with E-state index in [9.17, 15) is 0 Å². The van der Waals surface area contributed by atoms with Crippen LogP contribution in [-0.2, 0) is 20.8 Å². The Kier molecular flexibility index (Phi) is 8.13. The fourth-order valence-electron chi connectivity index (χ4n) is 1.59. The van der Waals surface area contributed by atoms with Crippen molar-refractivity contribution in [2.75, 3.05) is 40.6 Å². The number of hydrogen-bond acceptors (Lipinski definition) is 5. The molecule has 1 aromatic rings. The van der Waals surface area contributed by atoms with E-state index in [0.29, 0.717) is 43.8 Å². The van der Waals surface area contributed by atoms with Crippen molar-refractivity contribution in [2.45, 2.75) is 6.61 Å². The molecule has 112 valence electrons. The lowest BCUT2D eigenvalue weighted by molar-refractivity contribution is 0.0199. The van der Waals surface area contributed by atoms with Gasteiger partial charge in [-0.15, -0.1) is 0 Å². The van der Waals surface area contributed by atoms with Crippen molar-refractivity contribution < 1.29 is 18.9 Å². The first-order valence-corrected chi connectivity index (χ1v) is 6.71. The number of hydrogen-bond donors (Lipinski definition) is 1. The molecule has 0 saturated heterocycles. The standard InChI is InChI=1S/C14H21NO4S/c1-16-5-6-18-7-8-19-10-11-3-4-13(17-2)12(9-11)14(15)20/h3-4,9H,5-8,10H2,1-2H3,(H2,15,20). The van der Waals surface area contributed by atoms with Crippen LogP contribution in [0.25, 0.3) is 0 Å². The third-order valence-corrected chi connectivity index (χ3v) is 2.82. The van der Waals surface area contributed by atoms with Gasteiger partial charge < -0.3 is 24.7 Å². The number of methoxy groups -OCH3 is 2. The van der Waals surface area contributed by atoms with Gasteiger partial charge in [0.05, 0.1) is 45.7 Å². The van der Waals surface area contributed by atoms with Gasteiger partial charge in [-0.05, 0) is 17.7 Å². The molecule has 0 amide bonds. The van der Waals surface area contributed by atoms with Crippen molar-refractivity contribution in [1.29, 1.82) is 0 Å². The van der Waals surface area contributed by atoms with Crippen molar-refractivity contribution in [1.82, 2.24) is 0 Å². The summed E-state index contributed by atoms with van der Waals surface area (Å²) < 4.78 is 20.9. The maximum Gasteiger partial charge on any atom is 0.129 e. The number of ether oxygens (including phenoxy) is 4. The molecule has 0 saturated carbocycles. The zero-order chi connectivity index (χ0) is 14.8. The van der Waals surface area contributed by atoms with Crippen LogP contribution in [0.3, 0.4) is 0 Å². The molecule has 0 heterocycles. The lowest BCUT2D eigenvalue weighted by Gasteiger charge is -2.10. The van der Waals surface area contributed by atoms with Gasteiger partial charge in [0, 0.05) is 7.11 Å². The largest absolute Gasteiger partial charge is 0.496 e. The maximum absolute atomic E-state index is 5.66. The predicted octanol–water partition coefficient (Wildman–Crippen LogP) is 1.51. The zero-order valence-corrected chi connectivity index (χ0v) is 12.7. The van der Waals surface area contributed by atoms with E-state index in [-0.39, 0.29) is 0 Å². The topological polar surface area (TPSA) is 62.9 Å². The molecule has 1 aromatic carbocycles. The van der Waals surface area contributed by atoms with E-state index in [2.05, 4.69) is 0 Å². The molecule has 0 fully saturated rings. The number of thiocarbonyl (C=S) groups is 1. The molecule has 2 N–H and O–H groups in total. The Morgan fingerprint density at radius 3 is 2.45 bits per heavy atom. The van der Waals surface area contributed by atoms with Gasteiger partial charge in [0.1, 0.15) is 10.7 Å². The summed E-state index contributed by atoms with van der Waals surface area (Å²) in [6.45, 7) is 2.72. The summed E-state index contributed by atoms with van der Waals surface area (Å²) in [6, 6.07) is 5.64. The van der Waals surface area contributed by atoms with E-state index >= 15 is 0 Å². The summed E-state index contributed by atoms with van der Waals surface area (Å²) in [6.07, 6.45) is 0. The van der Waals surface area contributed by atoms with Crippen LogP contribution in [-0.4, -0.2) is 45.6 Å². The molecule has 0 bridgehead atoms. The van der Waals surface area contributed by atoms with Gasteiger partial charge in [-0.2, -0.15) is 0 Å². The monoisotopic (exact) mass is 299 g/mol. The van der Waals surface area contributed by atoms with E-state index in [1.807, 2.05) is 18.2 Å². The minimum Gasteiger partial charge on any atom is -0.496 e. The summed E-state index contributed by atoms with van der Waals surface area (Å²) in [5.41, 5.74) is 7.37. The molecular formula is C14H21NO4S. The summed E-state index contributed by atoms with van der Waals surface area (Å²) in [5, 5.41) is 0. The third-order valence-electron chi connectivity index (χ3n) is 2.60. The molecule has 0 aliphatic carbocycles. The predicted molar refractivity (Wildman–Crippen MR) is 81.2 cm³/mol. The quantitative estimate of drug-likeness (QED) is 0.522. The van der Waals surface area contributed by atoms with Crippen molar-refractivity contribution in [2.24, 2.45) is 5.73 Å². The van der Waals surface area contributed by atoms with Crippen molar-refractivity contribution in [3.63, 3.8) is 0 Å². The molecule has 0 aliphatic rings. The van der Waals surface area contributed by atoms with Crippen LogP contribution >= 0.6 is 12.2 Å². The Morgan fingerprint density at radius 2 is 1.80 bits per heavy atom. The molecule has 0 spiro atoms. The van der Waals surface area contributed by atoms with E-state index in [1.54, 1.807) is 14.2 Å². The van der Waals surface area contributed by atoms with Gasteiger partial charge in [-0.25, -0.2) is 0 Å². The highest BCUT2D eigenvalue weighted by Gasteiger charge is 2.07. The van der Waals surface area contributed by atoms with Gasteiger partial charge in [0.15, 0.2) is 0 Å². The molecule has 6 heteroatoms. The number of benzene rings is 1. The van der Waals surface area contributed by atoms with Crippen LogP contribution in [0.4, 0.5) is 0 Å². The van der Waals surface area contributed by atoms with Crippen molar-refractivity contribution in [3.8, 4) is 5.75 Å². The van der Waals surface area contributed by atoms with Crippen LogP contribution in [0.2, 0.25) is 0 Å². The van der Waals surface area contributed by atoms with Gasteiger partial charge in [0.25, 0.3) is 0 Å². The van der Waals surface area contributed by atoms with Crippen LogP contribution < -0.4 is 10.5 Å². The number of nitrogens with two attached hydrogens (primary N) is 1. The second kappa shape index (κ2) is 9.66. The molecule has 0 unspecified atom stereocenters. The summed E-state index contributed by atoms with van der Waals surface area (Å²) in [4.78, 5) is 0.312. The SMILES string of the molecule is COCCOCCOCc1ccc(OC)c(C(N)=S)c1. The second-order valence-corrected chi connectivity index (χ2v) is 4.50. The van der Waals surface area contributed by atoms with Crippen molar-refractivity contribution in [3.05, 3.63) is 29.3 Å². The molecule has 1 rings (SSSR count). The van der Waals surface area contributed by atoms with Crippen LogP contribution in [0.1, 0.15) is 11.1 Å². The minimum absolute atomic E-state index is 0.312. The highest BCUT2D eigenvalue weighted by atomic mass is 32.1. The lowest BCUT2D eigenvalue weighted by atomic mass is 10.1. The highest BCUT2D eigenvalue weighted by molar-refractivity contribution is 7.80. The normalized spacial score (nSPS) is 10.5. The van der Waals surface area contributed by atoms with E-state index < -0.39 is 0 Å². The molecule has 20 heavy (non-hydrogen) atoms. The average molecular weight is 299 g/mol. The fourth-order valence-corrected chi connectivity index (χ4v) is 1.75. The van der Waals surface area contributed by atoms with Gasteiger partial charge >= 0.3 is 0 Å². The average Bonchev–Trinajstić information content (AvgIpc) is 2.46. The maximum atomic E-state index is 5.66. The Hall–Kier alpha value is -1.21. The smallest absolute Gasteiger partial charge is 0.129 e. The third kappa shape index (κ3) is 5.83. The van der Waals surface area contributed by atoms with Crippen LogP contribution in [0.15, 0.2) is 18.2 Å². The Bertz CT molecular complexity index is 426. The summed E-state index contributed by atoms with van der Waals surface area (Å²) >= 11 is 5.00. The first kappa shape index (κ1) is 16.8.